The first-order chi connectivity index (χ1) is 14.3. The lowest BCUT2D eigenvalue weighted by Gasteiger charge is -2.14. The molecular weight excluding hydrogens is 488 g/mol. The van der Waals surface area contributed by atoms with Gasteiger partial charge in [0.15, 0.2) is 0 Å². The van der Waals surface area contributed by atoms with E-state index in [1.807, 2.05) is 0 Å². The van der Waals surface area contributed by atoms with Crippen molar-refractivity contribution in [2.24, 2.45) is 0 Å². The molecule has 2 aromatic carbocycles. The Balaban J connectivity index is 1.57. The number of imide groups is 1. The maximum atomic E-state index is 12.8. The molecule has 1 aliphatic rings. The summed E-state index contributed by atoms with van der Waals surface area (Å²) >= 11 is 25.3. The van der Waals surface area contributed by atoms with Crippen molar-refractivity contribution >= 4 is 75.4 Å². The van der Waals surface area contributed by atoms with Crippen LogP contribution in [0.4, 0.5) is 4.79 Å². The highest BCUT2D eigenvalue weighted by Gasteiger charge is 2.36. The van der Waals surface area contributed by atoms with Gasteiger partial charge in [0.2, 0.25) is 0 Å². The van der Waals surface area contributed by atoms with E-state index >= 15 is 0 Å². The van der Waals surface area contributed by atoms with Gasteiger partial charge in [-0.25, -0.2) is 0 Å². The van der Waals surface area contributed by atoms with Crippen LogP contribution in [0.5, 0.6) is 0 Å². The van der Waals surface area contributed by atoms with Gasteiger partial charge in [-0.15, -0.1) is 0 Å². The predicted octanol–water partition coefficient (Wildman–Crippen LogP) is 7.80. The minimum absolute atomic E-state index is 0.00962. The van der Waals surface area contributed by atoms with E-state index < -0.39 is 11.1 Å². The van der Waals surface area contributed by atoms with Gasteiger partial charge in [0, 0.05) is 32.3 Å². The lowest BCUT2D eigenvalue weighted by molar-refractivity contribution is -0.123. The van der Waals surface area contributed by atoms with Crippen LogP contribution < -0.4 is 0 Å². The van der Waals surface area contributed by atoms with E-state index in [0.717, 1.165) is 16.7 Å². The summed E-state index contributed by atoms with van der Waals surface area (Å²) in [6.07, 6.45) is 1.52. The first-order valence-electron chi connectivity index (χ1n) is 8.57. The molecule has 0 atom stereocenters. The molecule has 9 heteroatoms. The molecule has 0 aliphatic carbocycles. The summed E-state index contributed by atoms with van der Waals surface area (Å²) in [6.45, 7) is -0.00962. The first-order valence-corrected chi connectivity index (χ1v) is 10.9. The summed E-state index contributed by atoms with van der Waals surface area (Å²) in [5.74, 6) is 0.491. The van der Waals surface area contributed by atoms with E-state index in [4.69, 9.17) is 50.8 Å². The molecule has 0 saturated carbocycles. The first kappa shape index (κ1) is 21.3. The molecule has 30 heavy (non-hydrogen) atoms. The molecule has 3 aromatic rings. The highest BCUT2D eigenvalue weighted by Crippen LogP contribution is 2.37. The minimum atomic E-state index is -0.441. The highest BCUT2D eigenvalue weighted by molar-refractivity contribution is 8.18. The van der Waals surface area contributed by atoms with Crippen LogP contribution in [-0.4, -0.2) is 16.0 Å². The third-order valence-corrected chi connectivity index (χ3v) is 6.51. The zero-order valence-electron chi connectivity index (χ0n) is 15.0. The van der Waals surface area contributed by atoms with Gasteiger partial charge < -0.3 is 4.42 Å². The van der Waals surface area contributed by atoms with Crippen LogP contribution in [0.25, 0.3) is 17.4 Å². The Kier molecular flexibility index (Phi) is 6.19. The molecule has 0 N–H and O–H groups in total. The maximum absolute atomic E-state index is 12.8. The lowest BCUT2D eigenvalue weighted by Crippen LogP contribution is -2.27. The normalized spacial score (nSPS) is 15.5. The molecular formula is C21H11Cl4NO3S. The number of halogens is 4. The van der Waals surface area contributed by atoms with Gasteiger partial charge >= 0.3 is 0 Å². The van der Waals surface area contributed by atoms with Gasteiger partial charge in [0.05, 0.1) is 16.5 Å². The van der Waals surface area contributed by atoms with E-state index in [2.05, 4.69) is 0 Å². The molecule has 4 rings (SSSR count). The zero-order valence-corrected chi connectivity index (χ0v) is 18.8. The van der Waals surface area contributed by atoms with Gasteiger partial charge in [-0.2, -0.15) is 0 Å². The van der Waals surface area contributed by atoms with Crippen molar-refractivity contribution in [2.45, 2.75) is 6.54 Å². The summed E-state index contributed by atoms with van der Waals surface area (Å²) in [7, 11) is 0. The van der Waals surface area contributed by atoms with E-state index in [1.165, 1.54) is 6.08 Å². The summed E-state index contributed by atoms with van der Waals surface area (Å²) in [4.78, 5) is 26.5. The van der Waals surface area contributed by atoms with Crippen molar-refractivity contribution in [1.82, 2.24) is 4.90 Å². The van der Waals surface area contributed by atoms with Gasteiger partial charge in [-0.05, 0) is 54.2 Å². The molecule has 2 amide bonds. The Bertz CT molecular complexity index is 1180. The van der Waals surface area contributed by atoms with E-state index in [0.29, 0.717) is 42.7 Å². The molecule has 4 nitrogen and oxygen atoms in total. The molecule has 152 valence electrons. The van der Waals surface area contributed by atoms with Crippen LogP contribution in [0.15, 0.2) is 57.9 Å². The number of benzene rings is 2. The number of nitrogens with zero attached hydrogens (tertiary/aromatic N) is 1. The molecule has 1 aliphatic heterocycles. The van der Waals surface area contributed by atoms with Gasteiger partial charge in [0.25, 0.3) is 11.1 Å². The molecule has 2 heterocycles. The largest absolute Gasteiger partial charge is 0.457 e. The topological polar surface area (TPSA) is 50.5 Å². The number of rotatable bonds is 4. The van der Waals surface area contributed by atoms with Crippen LogP contribution in [0.2, 0.25) is 20.1 Å². The number of hydrogen-bond acceptors (Lipinski definition) is 4. The number of carbonyl (C=O) groups is 2. The summed E-state index contributed by atoms with van der Waals surface area (Å²) < 4.78 is 5.79. The Morgan fingerprint density at radius 2 is 1.67 bits per heavy atom. The fraction of sp³-hybridized carbons (Fsp3) is 0.0476. The zero-order chi connectivity index (χ0) is 21.4. The second kappa shape index (κ2) is 8.69. The van der Waals surface area contributed by atoms with Crippen LogP contribution in [0, 0.1) is 0 Å². The van der Waals surface area contributed by atoms with Crippen molar-refractivity contribution in [1.29, 1.82) is 0 Å². The predicted molar refractivity (Wildman–Crippen MR) is 122 cm³/mol. The molecule has 0 bridgehead atoms. The van der Waals surface area contributed by atoms with E-state index in [1.54, 1.807) is 48.5 Å². The Labute approximate surface area is 196 Å². The van der Waals surface area contributed by atoms with Crippen LogP contribution in [-0.2, 0) is 11.3 Å². The number of furan rings is 1. The fourth-order valence-electron chi connectivity index (χ4n) is 2.87. The second-order valence-corrected chi connectivity index (χ2v) is 8.95. The summed E-state index contributed by atoms with van der Waals surface area (Å²) in [6, 6.07) is 13.5. The Morgan fingerprint density at radius 3 is 2.37 bits per heavy atom. The summed E-state index contributed by atoms with van der Waals surface area (Å²) in [5, 5.41) is 1.33. The minimum Gasteiger partial charge on any atom is -0.457 e. The Morgan fingerprint density at radius 1 is 0.933 bits per heavy atom. The number of carbonyl (C=O) groups excluding carboxylic acids is 2. The van der Waals surface area contributed by atoms with Crippen LogP contribution >= 0.6 is 58.2 Å². The van der Waals surface area contributed by atoms with Crippen molar-refractivity contribution in [3.05, 3.63) is 84.9 Å². The fourth-order valence-corrected chi connectivity index (χ4v) is 4.71. The monoisotopic (exact) mass is 497 g/mol. The standard InChI is InChI=1S/C21H11Cl4NO3S/c22-11-4-6-13(17(25)8-11)18-7-5-12(29-18)9-19-20(27)26(21(28)30-19)10-14-15(23)2-1-3-16(14)24/h1-9H,10H2/b19-9+. The third-order valence-electron chi connectivity index (χ3n) is 4.35. The second-order valence-electron chi connectivity index (χ2n) is 6.29. The van der Waals surface area contributed by atoms with Crippen molar-refractivity contribution in [3.63, 3.8) is 0 Å². The Hall–Kier alpha value is -1.89. The number of amides is 2. The van der Waals surface area contributed by atoms with Gasteiger partial charge in [-0.1, -0.05) is 52.5 Å². The average Bonchev–Trinajstić information content (AvgIpc) is 3.24. The molecule has 0 spiro atoms. The number of thioether (sulfide) groups is 1. The maximum Gasteiger partial charge on any atom is 0.293 e. The average molecular weight is 499 g/mol. The highest BCUT2D eigenvalue weighted by atomic mass is 35.5. The molecule has 1 aromatic heterocycles. The smallest absolute Gasteiger partial charge is 0.293 e. The molecule has 0 radical (unpaired) electrons. The van der Waals surface area contributed by atoms with Crippen molar-refractivity contribution < 1.29 is 14.0 Å². The van der Waals surface area contributed by atoms with E-state index in [9.17, 15) is 9.59 Å². The van der Waals surface area contributed by atoms with Gasteiger partial charge in [-0.3, -0.25) is 14.5 Å². The quantitative estimate of drug-likeness (QED) is 0.344. The van der Waals surface area contributed by atoms with Crippen LogP contribution in [0.3, 0.4) is 0 Å². The third kappa shape index (κ3) is 4.27. The lowest BCUT2D eigenvalue weighted by atomic mass is 10.2. The molecule has 1 saturated heterocycles. The molecule has 0 unspecified atom stereocenters. The van der Waals surface area contributed by atoms with Crippen LogP contribution in [0.1, 0.15) is 11.3 Å². The van der Waals surface area contributed by atoms with Gasteiger partial charge in [0.1, 0.15) is 11.5 Å². The number of hydrogen-bond donors (Lipinski definition) is 0. The van der Waals surface area contributed by atoms with Crippen molar-refractivity contribution in [2.75, 3.05) is 0 Å². The SMILES string of the molecule is O=C1S/C(=C/c2ccc(-c3ccc(Cl)cc3Cl)o2)C(=O)N1Cc1c(Cl)cccc1Cl. The van der Waals surface area contributed by atoms with Crippen molar-refractivity contribution in [3.8, 4) is 11.3 Å². The van der Waals surface area contributed by atoms with E-state index in [-0.39, 0.29) is 11.4 Å². The summed E-state index contributed by atoms with van der Waals surface area (Å²) in [5.41, 5.74) is 1.18. The molecule has 1 fully saturated rings.